The summed E-state index contributed by atoms with van der Waals surface area (Å²) in [4.78, 5) is 0. The van der Waals surface area contributed by atoms with Gasteiger partial charge in [0, 0.05) is 19.8 Å². The molecule has 0 aromatic heterocycles. The minimum atomic E-state index is 0.600. The molecule has 0 atom stereocenters. The molecule has 2 rings (SSSR count). The number of nitrogens with two attached hydrogens (primary N) is 1. The third kappa shape index (κ3) is 3.38. The standard InChI is InChI=1S/C14H19N3O/c15-10-12-1-2-14(13(16)9-12)17-6-3-11-4-7-18-8-5-11/h1-2,9,11,17H,3-8,16H2. The SMILES string of the molecule is N#Cc1ccc(NCCC2CCOCC2)c(N)c1. The van der Waals surface area contributed by atoms with Crippen molar-refractivity contribution in [3.63, 3.8) is 0 Å². The van der Waals surface area contributed by atoms with Crippen LogP contribution >= 0.6 is 0 Å². The normalized spacial score (nSPS) is 16.2. The Bertz CT molecular complexity index is 433. The van der Waals surface area contributed by atoms with E-state index >= 15 is 0 Å². The maximum absolute atomic E-state index is 8.76. The van der Waals surface area contributed by atoms with Crippen LogP contribution in [0.4, 0.5) is 11.4 Å². The van der Waals surface area contributed by atoms with Crippen molar-refractivity contribution < 1.29 is 4.74 Å². The lowest BCUT2D eigenvalue weighted by Gasteiger charge is -2.22. The summed E-state index contributed by atoms with van der Waals surface area (Å²) in [5.41, 5.74) is 8.04. The van der Waals surface area contributed by atoms with Gasteiger partial charge in [-0.25, -0.2) is 0 Å². The van der Waals surface area contributed by atoms with Crippen LogP contribution in [0.1, 0.15) is 24.8 Å². The molecule has 0 spiro atoms. The van der Waals surface area contributed by atoms with Crippen molar-refractivity contribution in [3.05, 3.63) is 23.8 Å². The number of benzene rings is 1. The molecule has 1 aromatic carbocycles. The van der Waals surface area contributed by atoms with Crippen molar-refractivity contribution in [2.75, 3.05) is 30.8 Å². The van der Waals surface area contributed by atoms with E-state index < -0.39 is 0 Å². The van der Waals surface area contributed by atoms with E-state index in [1.165, 1.54) is 0 Å². The second-order valence-corrected chi connectivity index (χ2v) is 4.69. The van der Waals surface area contributed by atoms with Gasteiger partial charge in [-0.2, -0.15) is 5.26 Å². The minimum absolute atomic E-state index is 0.600. The van der Waals surface area contributed by atoms with Gasteiger partial charge in [-0.1, -0.05) is 0 Å². The van der Waals surface area contributed by atoms with E-state index in [4.69, 9.17) is 15.7 Å². The number of anilines is 2. The van der Waals surface area contributed by atoms with Gasteiger partial charge in [0.25, 0.3) is 0 Å². The van der Waals surface area contributed by atoms with Gasteiger partial charge in [0.15, 0.2) is 0 Å². The van der Waals surface area contributed by atoms with E-state index in [1.54, 1.807) is 12.1 Å². The molecule has 4 heteroatoms. The van der Waals surface area contributed by atoms with Crippen LogP contribution in [0.25, 0.3) is 0 Å². The topological polar surface area (TPSA) is 71.1 Å². The van der Waals surface area contributed by atoms with Crippen molar-refractivity contribution in [3.8, 4) is 6.07 Å². The Labute approximate surface area is 108 Å². The number of hydrogen-bond donors (Lipinski definition) is 2. The summed E-state index contributed by atoms with van der Waals surface area (Å²) in [6, 6.07) is 7.44. The average Bonchev–Trinajstić information content (AvgIpc) is 2.42. The molecule has 0 amide bonds. The molecule has 1 aromatic rings. The number of hydrogen-bond acceptors (Lipinski definition) is 4. The molecule has 0 unspecified atom stereocenters. The third-order valence-corrected chi connectivity index (χ3v) is 3.39. The fourth-order valence-electron chi connectivity index (χ4n) is 2.24. The first-order chi connectivity index (χ1) is 8.79. The summed E-state index contributed by atoms with van der Waals surface area (Å²) in [5, 5.41) is 12.1. The van der Waals surface area contributed by atoms with Gasteiger partial charge in [0.2, 0.25) is 0 Å². The van der Waals surface area contributed by atoms with E-state index in [-0.39, 0.29) is 0 Å². The lowest BCUT2D eigenvalue weighted by atomic mass is 9.96. The molecule has 0 bridgehead atoms. The van der Waals surface area contributed by atoms with Crippen LogP contribution in [-0.2, 0) is 4.74 Å². The van der Waals surface area contributed by atoms with Gasteiger partial charge in [0.05, 0.1) is 23.0 Å². The molecule has 0 aliphatic carbocycles. The molecular weight excluding hydrogens is 226 g/mol. The molecule has 1 aliphatic heterocycles. The van der Waals surface area contributed by atoms with Crippen LogP contribution in [0.15, 0.2) is 18.2 Å². The lowest BCUT2D eigenvalue weighted by Crippen LogP contribution is -2.18. The second-order valence-electron chi connectivity index (χ2n) is 4.69. The Kier molecular flexibility index (Phi) is 4.43. The number of nitriles is 1. The van der Waals surface area contributed by atoms with Crippen molar-refractivity contribution in [2.45, 2.75) is 19.3 Å². The zero-order chi connectivity index (χ0) is 12.8. The molecular formula is C14H19N3O. The fourth-order valence-corrected chi connectivity index (χ4v) is 2.24. The first kappa shape index (κ1) is 12.7. The zero-order valence-corrected chi connectivity index (χ0v) is 10.5. The summed E-state index contributed by atoms with van der Waals surface area (Å²) >= 11 is 0. The van der Waals surface area contributed by atoms with E-state index in [2.05, 4.69) is 11.4 Å². The molecule has 3 N–H and O–H groups in total. The Morgan fingerprint density at radius 2 is 2.17 bits per heavy atom. The van der Waals surface area contributed by atoms with E-state index in [1.807, 2.05) is 6.07 Å². The first-order valence-electron chi connectivity index (χ1n) is 6.41. The van der Waals surface area contributed by atoms with Gasteiger partial charge in [-0.3, -0.25) is 0 Å². The van der Waals surface area contributed by atoms with Gasteiger partial charge in [0.1, 0.15) is 0 Å². The molecule has 1 aliphatic rings. The predicted molar refractivity (Wildman–Crippen MR) is 72.2 cm³/mol. The molecule has 4 nitrogen and oxygen atoms in total. The number of nitrogens with zero attached hydrogens (tertiary/aromatic N) is 1. The van der Waals surface area contributed by atoms with E-state index in [0.29, 0.717) is 11.3 Å². The monoisotopic (exact) mass is 245 g/mol. The highest BCUT2D eigenvalue weighted by Gasteiger charge is 2.13. The largest absolute Gasteiger partial charge is 0.397 e. The molecule has 1 fully saturated rings. The smallest absolute Gasteiger partial charge is 0.0992 e. The maximum Gasteiger partial charge on any atom is 0.0992 e. The number of rotatable bonds is 4. The summed E-state index contributed by atoms with van der Waals surface area (Å²) in [7, 11) is 0. The number of ether oxygens (including phenoxy) is 1. The van der Waals surface area contributed by atoms with Crippen molar-refractivity contribution >= 4 is 11.4 Å². The molecule has 0 radical (unpaired) electrons. The van der Waals surface area contributed by atoms with Gasteiger partial charge < -0.3 is 15.8 Å². The molecule has 1 heterocycles. The first-order valence-corrected chi connectivity index (χ1v) is 6.41. The van der Waals surface area contributed by atoms with Gasteiger partial charge >= 0.3 is 0 Å². The van der Waals surface area contributed by atoms with Crippen molar-refractivity contribution in [2.24, 2.45) is 5.92 Å². The molecule has 18 heavy (non-hydrogen) atoms. The Balaban J connectivity index is 1.81. The number of nitrogen functional groups attached to an aromatic ring is 1. The Hall–Kier alpha value is -1.73. The quantitative estimate of drug-likeness (QED) is 0.799. The Morgan fingerprint density at radius 3 is 2.83 bits per heavy atom. The van der Waals surface area contributed by atoms with Crippen LogP contribution in [0.5, 0.6) is 0 Å². The molecule has 0 saturated carbocycles. The highest BCUT2D eigenvalue weighted by atomic mass is 16.5. The highest BCUT2D eigenvalue weighted by molar-refractivity contribution is 5.68. The predicted octanol–water partition coefficient (Wildman–Crippen LogP) is 2.37. The molecule has 1 saturated heterocycles. The van der Waals surface area contributed by atoms with E-state index in [0.717, 1.165) is 50.6 Å². The summed E-state index contributed by atoms with van der Waals surface area (Å²) in [6.45, 7) is 2.70. The van der Waals surface area contributed by atoms with Crippen LogP contribution in [-0.4, -0.2) is 19.8 Å². The second kappa shape index (κ2) is 6.27. The van der Waals surface area contributed by atoms with Crippen LogP contribution < -0.4 is 11.1 Å². The molecule has 96 valence electrons. The highest BCUT2D eigenvalue weighted by Crippen LogP contribution is 2.22. The summed E-state index contributed by atoms with van der Waals surface area (Å²) < 4.78 is 5.34. The fraction of sp³-hybridized carbons (Fsp3) is 0.500. The lowest BCUT2D eigenvalue weighted by molar-refractivity contribution is 0.0649. The maximum atomic E-state index is 8.76. The third-order valence-electron chi connectivity index (χ3n) is 3.39. The van der Waals surface area contributed by atoms with Crippen molar-refractivity contribution in [1.82, 2.24) is 0 Å². The van der Waals surface area contributed by atoms with Crippen LogP contribution in [0.2, 0.25) is 0 Å². The van der Waals surface area contributed by atoms with Gasteiger partial charge in [-0.15, -0.1) is 0 Å². The van der Waals surface area contributed by atoms with E-state index in [9.17, 15) is 0 Å². The summed E-state index contributed by atoms with van der Waals surface area (Å²) in [6.07, 6.45) is 3.46. The van der Waals surface area contributed by atoms with Crippen molar-refractivity contribution in [1.29, 1.82) is 5.26 Å². The number of nitrogens with one attached hydrogen (secondary N) is 1. The Morgan fingerprint density at radius 1 is 1.39 bits per heavy atom. The van der Waals surface area contributed by atoms with Crippen LogP contribution in [0, 0.1) is 17.2 Å². The summed E-state index contributed by atoms with van der Waals surface area (Å²) in [5.74, 6) is 0.755. The average molecular weight is 245 g/mol. The zero-order valence-electron chi connectivity index (χ0n) is 10.5. The van der Waals surface area contributed by atoms with Gasteiger partial charge in [-0.05, 0) is 43.4 Å². The minimum Gasteiger partial charge on any atom is -0.397 e. The van der Waals surface area contributed by atoms with Crippen LogP contribution in [0.3, 0.4) is 0 Å².